The maximum atomic E-state index is 13.3. The average Bonchev–Trinajstić information content (AvgIpc) is 3.13. The van der Waals surface area contributed by atoms with Crippen molar-refractivity contribution < 1.29 is 24.2 Å². The van der Waals surface area contributed by atoms with E-state index in [2.05, 4.69) is 42.3 Å². The predicted octanol–water partition coefficient (Wildman–Crippen LogP) is 11.6. The fourth-order valence-corrected chi connectivity index (χ4v) is 13.5. The molecule has 4 aliphatic carbocycles. The summed E-state index contributed by atoms with van der Waals surface area (Å²) in [4.78, 5) is 28.9. The first-order chi connectivity index (χ1) is 25.9. The van der Waals surface area contributed by atoms with Crippen molar-refractivity contribution in [1.29, 1.82) is 0 Å². The van der Waals surface area contributed by atoms with Gasteiger partial charge >= 0.3 is 11.9 Å². The zero-order chi connectivity index (χ0) is 37.6. The molecule has 308 valence electrons. The van der Waals surface area contributed by atoms with Crippen LogP contribution >= 0.6 is 23.5 Å². The van der Waals surface area contributed by atoms with E-state index in [1.54, 1.807) is 0 Å². The van der Waals surface area contributed by atoms with Crippen LogP contribution in [0.25, 0.3) is 0 Å². The number of thioether (sulfide) groups is 2. The van der Waals surface area contributed by atoms with E-state index < -0.39 is 0 Å². The Hall–Kier alpha value is -0.440. The van der Waals surface area contributed by atoms with Crippen LogP contribution in [0.15, 0.2) is 0 Å². The summed E-state index contributed by atoms with van der Waals surface area (Å²) < 4.78 is 12.5. The summed E-state index contributed by atoms with van der Waals surface area (Å²) in [6, 6.07) is 0. The van der Waals surface area contributed by atoms with Gasteiger partial charge < -0.3 is 19.5 Å². The summed E-state index contributed by atoms with van der Waals surface area (Å²) in [6.07, 6.45) is 31.6. The highest BCUT2D eigenvalue weighted by atomic mass is 32.2. The number of hydrogen-bond donors (Lipinski definition) is 1. The van der Waals surface area contributed by atoms with Crippen LogP contribution in [0, 0.1) is 28.6 Å². The third-order valence-corrected chi connectivity index (χ3v) is 16.5. The predicted molar refractivity (Wildman–Crippen MR) is 225 cm³/mol. The minimum absolute atomic E-state index is 0.0215. The van der Waals surface area contributed by atoms with Crippen molar-refractivity contribution >= 4 is 35.5 Å². The smallest absolute Gasteiger partial charge is 0.306 e. The Morgan fingerprint density at radius 2 is 1.21 bits per heavy atom. The molecule has 5 fully saturated rings. The van der Waals surface area contributed by atoms with Crippen LogP contribution in [0.4, 0.5) is 0 Å². The molecule has 53 heavy (non-hydrogen) atoms. The van der Waals surface area contributed by atoms with Gasteiger partial charge in [-0.05, 0) is 156 Å². The molecule has 1 aliphatic heterocycles. The van der Waals surface area contributed by atoms with Crippen LogP contribution in [0.1, 0.15) is 187 Å². The Labute approximate surface area is 334 Å². The van der Waals surface area contributed by atoms with Gasteiger partial charge in [0.05, 0.1) is 24.2 Å². The number of ether oxygens (including phenoxy) is 2. The van der Waals surface area contributed by atoms with E-state index in [0.717, 1.165) is 82.3 Å². The maximum absolute atomic E-state index is 13.3. The SMILES string of the molecule is CCCCCCCCSC(CCC(=O)OCCC1(CCOC(=O)CC23CC4CC(CC(C4)C2)C3)CCN(CCCCO)CC1)SCCCCCCCC. The molecule has 0 aromatic heterocycles. The minimum atomic E-state index is -0.0473. The van der Waals surface area contributed by atoms with Crippen LogP contribution in [0.5, 0.6) is 0 Å². The Bertz CT molecular complexity index is 948. The Morgan fingerprint density at radius 3 is 1.74 bits per heavy atom. The van der Waals surface area contributed by atoms with Crippen molar-refractivity contribution in [3.8, 4) is 0 Å². The molecule has 5 aliphatic rings. The lowest BCUT2D eigenvalue weighted by Gasteiger charge is -2.56. The fourth-order valence-electron chi connectivity index (χ4n) is 10.7. The van der Waals surface area contributed by atoms with Gasteiger partial charge in [-0.1, -0.05) is 78.1 Å². The van der Waals surface area contributed by atoms with Crippen molar-refractivity contribution in [2.75, 3.05) is 51.0 Å². The number of carbonyl (C=O) groups excluding carboxylic acids is 2. The lowest BCUT2D eigenvalue weighted by atomic mass is 9.49. The van der Waals surface area contributed by atoms with Gasteiger partial charge in [0, 0.05) is 13.0 Å². The van der Waals surface area contributed by atoms with Crippen LogP contribution in [0.2, 0.25) is 0 Å². The standard InChI is InChI=1S/C45H81NO5S2/c1-3-5-7-9-11-15-29-52-43(53-30-16-12-10-8-6-4-2)18-17-41(48)50-27-21-44(19-24-46(25-20-44)23-13-14-26-47)22-28-51-42(49)37-45-34-38-31-39(35-45)33-40(32-38)36-45/h38-40,43,47H,3-37H2,1-2H3. The van der Waals surface area contributed by atoms with E-state index in [0.29, 0.717) is 30.6 Å². The monoisotopic (exact) mass is 780 g/mol. The van der Waals surface area contributed by atoms with E-state index in [-0.39, 0.29) is 29.4 Å². The van der Waals surface area contributed by atoms with Crippen LogP contribution in [-0.2, 0) is 19.1 Å². The minimum Gasteiger partial charge on any atom is -0.466 e. The molecule has 4 saturated carbocycles. The van der Waals surface area contributed by atoms with Crippen LogP contribution in [0.3, 0.4) is 0 Å². The van der Waals surface area contributed by atoms with E-state index in [1.807, 2.05) is 0 Å². The number of piperidine rings is 1. The van der Waals surface area contributed by atoms with E-state index in [1.165, 1.54) is 127 Å². The summed E-state index contributed by atoms with van der Waals surface area (Å²) in [6.45, 7) is 8.83. The molecular formula is C45H81NO5S2. The van der Waals surface area contributed by atoms with Crippen molar-refractivity contribution in [3.63, 3.8) is 0 Å². The quantitative estimate of drug-likeness (QED) is 0.0423. The Kier molecular flexibility index (Phi) is 22.0. The molecule has 0 spiro atoms. The second-order valence-corrected chi connectivity index (χ2v) is 21.0. The highest BCUT2D eigenvalue weighted by molar-refractivity contribution is 8.17. The number of nitrogens with zero attached hydrogens (tertiary/aromatic N) is 1. The van der Waals surface area contributed by atoms with Crippen molar-refractivity contribution in [2.45, 2.75) is 192 Å². The number of hydrogen-bond acceptors (Lipinski definition) is 8. The topological polar surface area (TPSA) is 76.1 Å². The lowest BCUT2D eigenvalue weighted by Crippen LogP contribution is -2.47. The molecular weight excluding hydrogens is 699 g/mol. The molecule has 0 atom stereocenters. The van der Waals surface area contributed by atoms with Gasteiger partial charge in [-0.2, -0.15) is 0 Å². The molecule has 5 rings (SSSR count). The molecule has 8 heteroatoms. The lowest BCUT2D eigenvalue weighted by molar-refractivity contribution is -0.153. The van der Waals surface area contributed by atoms with Crippen molar-refractivity contribution in [1.82, 2.24) is 4.90 Å². The number of rotatable bonds is 31. The molecule has 0 radical (unpaired) electrons. The highest BCUT2D eigenvalue weighted by Gasteiger charge is 2.51. The summed E-state index contributed by atoms with van der Waals surface area (Å²) in [5, 5.41) is 9.26. The second kappa shape index (κ2) is 25.7. The summed E-state index contributed by atoms with van der Waals surface area (Å²) in [5.41, 5.74) is 0.257. The highest BCUT2D eigenvalue weighted by Crippen LogP contribution is 2.61. The van der Waals surface area contributed by atoms with Gasteiger partial charge in [0.15, 0.2) is 0 Å². The number of likely N-dealkylation sites (tertiary alicyclic amines) is 1. The van der Waals surface area contributed by atoms with Crippen LogP contribution < -0.4 is 0 Å². The first-order valence-electron chi connectivity index (χ1n) is 22.7. The molecule has 0 unspecified atom stereocenters. The van der Waals surface area contributed by atoms with E-state index in [4.69, 9.17) is 9.47 Å². The van der Waals surface area contributed by atoms with Gasteiger partial charge in [-0.3, -0.25) is 9.59 Å². The second-order valence-electron chi connectivity index (χ2n) is 18.1. The zero-order valence-electron chi connectivity index (χ0n) is 34.4. The van der Waals surface area contributed by atoms with Crippen LogP contribution in [-0.4, -0.2) is 77.5 Å². The molecule has 1 N–H and O–H groups in total. The summed E-state index contributed by atoms with van der Waals surface area (Å²) in [7, 11) is 0. The van der Waals surface area contributed by atoms with Gasteiger partial charge in [0.2, 0.25) is 0 Å². The van der Waals surface area contributed by atoms with E-state index >= 15 is 0 Å². The first-order valence-corrected chi connectivity index (χ1v) is 24.8. The largest absolute Gasteiger partial charge is 0.466 e. The van der Waals surface area contributed by atoms with Crippen molar-refractivity contribution in [2.24, 2.45) is 28.6 Å². The Morgan fingerprint density at radius 1 is 0.698 bits per heavy atom. The van der Waals surface area contributed by atoms with Gasteiger partial charge in [0.25, 0.3) is 0 Å². The summed E-state index contributed by atoms with van der Waals surface area (Å²) in [5.74, 6) is 4.91. The normalized spacial score (nSPS) is 24.9. The van der Waals surface area contributed by atoms with Gasteiger partial charge in [-0.25, -0.2) is 0 Å². The number of aliphatic hydroxyl groups is 1. The zero-order valence-corrected chi connectivity index (χ0v) is 36.0. The first kappa shape index (κ1) is 45.3. The van der Waals surface area contributed by atoms with E-state index in [9.17, 15) is 14.7 Å². The number of unbranched alkanes of at least 4 members (excludes halogenated alkanes) is 11. The average molecular weight is 780 g/mol. The van der Waals surface area contributed by atoms with Gasteiger partial charge in [0.1, 0.15) is 0 Å². The molecule has 0 amide bonds. The number of aliphatic hydroxyl groups excluding tert-OH is 1. The molecule has 1 saturated heterocycles. The third-order valence-electron chi connectivity index (χ3n) is 13.5. The molecule has 4 bridgehead atoms. The maximum Gasteiger partial charge on any atom is 0.306 e. The Balaban J connectivity index is 1.19. The molecule has 0 aromatic carbocycles. The fraction of sp³-hybridized carbons (Fsp3) is 0.956. The number of carbonyl (C=O) groups is 2. The van der Waals surface area contributed by atoms with Crippen molar-refractivity contribution in [3.05, 3.63) is 0 Å². The summed E-state index contributed by atoms with van der Waals surface area (Å²) >= 11 is 4.15. The molecule has 1 heterocycles. The van der Waals surface area contributed by atoms with Gasteiger partial charge in [-0.15, -0.1) is 23.5 Å². The third kappa shape index (κ3) is 17.3. The molecule has 6 nitrogen and oxygen atoms in total. The molecule has 0 aromatic rings. The number of esters is 2.